The number of ether oxygens (including phenoxy) is 2. The van der Waals surface area contributed by atoms with Crippen molar-refractivity contribution >= 4 is 12.0 Å². The number of carbonyl (C=O) groups is 2. The number of allylic oxidation sites excluding steroid dienone is 1. The number of nitrogens with zero attached hydrogens (tertiary/aromatic N) is 1. The number of hydrogen-bond donors (Lipinski definition) is 1. The molecule has 3 rings (SSSR count). The number of fused-ring (bicyclic) bond motifs is 1. The maximum absolute atomic E-state index is 13.8. The lowest BCUT2D eigenvalue weighted by molar-refractivity contribution is -0.192. The molecule has 6 nitrogen and oxygen atoms in total. The van der Waals surface area contributed by atoms with Crippen molar-refractivity contribution in [2.24, 2.45) is 10.8 Å². The first-order valence-corrected chi connectivity index (χ1v) is 9.02. The second kappa shape index (κ2) is 6.31. The molecule has 1 saturated carbocycles. The van der Waals surface area contributed by atoms with E-state index < -0.39 is 47.3 Å². The molecule has 9 heteroatoms. The Bertz CT molecular complexity index is 658. The molecule has 0 radical (unpaired) electrons. The summed E-state index contributed by atoms with van der Waals surface area (Å²) in [5, 5.41) is 2.60. The van der Waals surface area contributed by atoms with Crippen LogP contribution in [0.3, 0.4) is 0 Å². The molecule has 1 aliphatic carbocycles. The van der Waals surface area contributed by atoms with Gasteiger partial charge in [-0.3, -0.25) is 4.79 Å². The third kappa shape index (κ3) is 3.60. The Balaban J connectivity index is 1.68. The molecular formula is C18H25F3N2O4. The van der Waals surface area contributed by atoms with Crippen LogP contribution in [0.2, 0.25) is 0 Å². The summed E-state index contributed by atoms with van der Waals surface area (Å²) in [4.78, 5) is 25.6. The van der Waals surface area contributed by atoms with Crippen LogP contribution >= 0.6 is 0 Å². The van der Waals surface area contributed by atoms with Gasteiger partial charge in [-0.15, -0.1) is 0 Å². The van der Waals surface area contributed by atoms with Crippen LogP contribution in [-0.4, -0.2) is 54.4 Å². The standard InChI is InChI=1S/C18H25F3N2O4/c1-15(2,3)27-14(25)23-10-16(8-17(16,11-23)18(19,20)21)9-22-13(24)12-6-4-5-7-26-12/h5,7,12H,4,6,8-11H2,1-3H3,(H,22,24)/t12?,16-,17+/m0/s1. The van der Waals surface area contributed by atoms with Gasteiger partial charge in [-0.05, 0) is 46.1 Å². The molecule has 2 fully saturated rings. The Kier molecular flexibility index (Phi) is 4.63. The summed E-state index contributed by atoms with van der Waals surface area (Å²) in [6, 6.07) is 0. The number of rotatable bonds is 3. The first-order valence-electron chi connectivity index (χ1n) is 9.02. The highest BCUT2D eigenvalue weighted by Crippen LogP contribution is 2.74. The van der Waals surface area contributed by atoms with Gasteiger partial charge in [0, 0.05) is 25.0 Å². The molecule has 1 N–H and O–H groups in total. The quantitative estimate of drug-likeness (QED) is 0.805. The van der Waals surface area contributed by atoms with Crippen molar-refractivity contribution in [3.05, 3.63) is 12.3 Å². The second-order valence-corrected chi connectivity index (χ2v) is 8.67. The fraction of sp³-hybridized carbons (Fsp3) is 0.778. The van der Waals surface area contributed by atoms with E-state index >= 15 is 0 Å². The fourth-order valence-electron chi connectivity index (χ4n) is 4.04. The Hall–Kier alpha value is -1.93. The highest BCUT2D eigenvalue weighted by Gasteiger charge is 2.83. The molecule has 0 aromatic rings. The molecule has 3 atom stereocenters. The van der Waals surface area contributed by atoms with E-state index in [-0.39, 0.29) is 19.5 Å². The Morgan fingerprint density at radius 2 is 2.00 bits per heavy atom. The summed E-state index contributed by atoms with van der Waals surface area (Å²) in [7, 11) is 0. The zero-order valence-corrected chi connectivity index (χ0v) is 15.7. The molecule has 0 aromatic carbocycles. The first-order chi connectivity index (χ1) is 12.4. The molecular weight excluding hydrogens is 365 g/mol. The minimum atomic E-state index is -4.46. The van der Waals surface area contributed by atoms with Gasteiger partial charge in [-0.25, -0.2) is 4.79 Å². The van der Waals surface area contributed by atoms with Crippen molar-refractivity contribution in [1.29, 1.82) is 0 Å². The van der Waals surface area contributed by atoms with Gasteiger partial charge >= 0.3 is 12.3 Å². The van der Waals surface area contributed by atoms with Crippen LogP contribution < -0.4 is 5.32 Å². The lowest BCUT2D eigenvalue weighted by atomic mass is 9.95. The summed E-state index contributed by atoms with van der Waals surface area (Å²) in [5.74, 6) is -0.424. The molecule has 2 amide bonds. The van der Waals surface area contributed by atoms with Gasteiger partial charge in [-0.1, -0.05) is 0 Å². The van der Waals surface area contributed by atoms with Gasteiger partial charge in [0.1, 0.15) is 5.60 Å². The van der Waals surface area contributed by atoms with E-state index in [1.807, 2.05) is 0 Å². The summed E-state index contributed by atoms with van der Waals surface area (Å²) in [6.45, 7) is 4.31. The molecule has 1 unspecified atom stereocenters. The van der Waals surface area contributed by atoms with Gasteiger partial charge in [-0.2, -0.15) is 13.2 Å². The number of hydrogen-bond acceptors (Lipinski definition) is 4. The fourth-order valence-corrected chi connectivity index (χ4v) is 4.04. The van der Waals surface area contributed by atoms with Crippen molar-refractivity contribution in [2.75, 3.05) is 19.6 Å². The highest BCUT2D eigenvalue weighted by atomic mass is 19.4. The number of alkyl halides is 3. The number of nitrogens with one attached hydrogen (secondary N) is 1. The average Bonchev–Trinajstić information content (AvgIpc) is 3.08. The van der Waals surface area contributed by atoms with Crippen molar-refractivity contribution in [2.45, 2.75) is 57.9 Å². The SMILES string of the molecule is CC(C)(C)OC(=O)N1C[C@@]2(CNC(=O)C3CCC=CO3)C[C@@]2(C(F)(F)F)C1. The number of carbonyl (C=O) groups excluding carboxylic acids is 2. The van der Waals surface area contributed by atoms with Crippen LogP contribution in [-0.2, 0) is 14.3 Å². The molecule has 0 bridgehead atoms. The molecule has 0 spiro atoms. The molecule has 27 heavy (non-hydrogen) atoms. The summed E-state index contributed by atoms with van der Waals surface area (Å²) in [6.07, 6.45) is -1.62. The van der Waals surface area contributed by atoms with Crippen LogP contribution in [0.1, 0.15) is 40.0 Å². The number of halogens is 3. The van der Waals surface area contributed by atoms with E-state index in [9.17, 15) is 22.8 Å². The average molecular weight is 390 g/mol. The Morgan fingerprint density at radius 1 is 1.30 bits per heavy atom. The summed E-state index contributed by atoms with van der Waals surface area (Å²) < 4.78 is 51.7. The van der Waals surface area contributed by atoms with Crippen LogP contribution in [0, 0.1) is 10.8 Å². The topological polar surface area (TPSA) is 67.9 Å². The lowest BCUT2D eigenvalue weighted by Gasteiger charge is -2.27. The smallest absolute Gasteiger partial charge is 0.410 e. The van der Waals surface area contributed by atoms with E-state index in [4.69, 9.17) is 9.47 Å². The third-order valence-corrected chi connectivity index (χ3v) is 5.51. The van der Waals surface area contributed by atoms with Crippen molar-refractivity contribution in [1.82, 2.24) is 10.2 Å². The van der Waals surface area contributed by atoms with E-state index in [1.54, 1.807) is 26.8 Å². The lowest BCUT2D eigenvalue weighted by Crippen LogP contribution is -2.42. The van der Waals surface area contributed by atoms with E-state index in [0.717, 1.165) is 4.90 Å². The Labute approximate surface area is 156 Å². The number of amides is 2. The third-order valence-electron chi connectivity index (χ3n) is 5.51. The predicted octanol–water partition coefficient (Wildman–Crippen LogP) is 2.98. The van der Waals surface area contributed by atoms with Gasteiger partial charge in [0.2, 0.25) is 0 Å². The highest BCUT2D eigenvalue weighted by molar-refractivity contribution is 5.81. The van der Waals surface area contributed by atoms with E-state index in [1.165, 1.54) is 6.26 Å². The van der Waals surface area contributed by atoms with E-state index in [2.05, 4.69) is 5.32 Å². The van der Waals surface area contributed by atoms with Crippen molar-refractivity contribution in [3.8, 4) is 0 Å². The molecule has 2 aliphatic heterocycles. The van der Waals surface area contributed by atoms with Crippen molar-refractivity contribution in [3.63, 3.8) is 0 Å². The molecule has 152 valence electrons. The molecule has 0 aromatic heterocycles. The van der Waals surface area contributed by atoms with Gasteiger partial charge in [0.25, 0.3) is 5.91 Å². The van der Waals surface area contributed by atoms with Gasteiger partial charge in [0.15, 0.2) is 6.10 Å². The largest absolute Gasteiger partial charge is 0.489 e. The minimum Gasteiger partial charge on any atom is -0.489 e. The Morgan fingerprint density at radius 3 is 2.56 bits per heavy atom. The second-order valence-electron chi connectivity index (χ2n) is 8.67. The molecule has 2 heterocycles. The maximum atomic E-state index is 13.8. The first kappa shape index (κ1) is 19.8. The van der Waals surface area contributed by atoms with Crippen LogP contribution in [0.15, 0.2) is 12.3 Å². The summed E-state index contributed by atoms with van der Waals surface area (Å²) in [5.41, 5.74) is -3.98. The van der Waals surface area contributed by atoms with Crippen molar-refractivity contribution < 1.29 is 32.2 Å². The molecule has 1 saturated heterocycles. The van der Waals surface area contributed by atoms with Crippen LogP contribution in [0.4, 0.5) is 18.0 Å². The van der Waals surface area contributed by atoms with Gasteiger partial charge in [0.05, 0.1) is 11.7 Å². The molecule has 3 aliphatic rings. The van der Waals surface area contributed by atoms with E-state index in [0.29, 0.717) is 12.8 Å². The zero-order valence-electron chi connectivity index (χ0n) is 15.7. The minimum absolute atomic E-state index is 0.0901. The zero-order chi connectivity index (χ0) is 20.1. The monoisotopic (exact) mass is 390 g/mol. The van der Waals surface area contributed by atoms with Crippen LogP contribution in [0.5, 0.6) is 0 Å². The maximum Gasteiger partial charge on any atom is 0.410 e. The predicted molar refractivity (Wildman–Crippen MR) is 89.6 cm³/mol. The van der Waals surface area contributed by atoms with Crippen LogP contribution in [0.25, 0.3) is 0 Å². The summed E-state index contributed by atoms with van der Waals surface area (Å²) >= 11 is 0. The number of piperidine rings is 1. The normalized spacial score (nSPS) is 32.5. The number of likely N-dealkylation sites (tertiary alicyclic amines) is 1. The van der Waals surface area contributed by atoms with Gasteiger partial charge < -0.3 is 19.7 Å².